The first kappa shape index (κ1) is 19.4. The second kappa shape index (κ2) is 8.12. The van der Waals surface area contributed by atoms with E-state index in [1.54, 1.807) is 31.4 Å². The summed E-state index contributed by atoms with van der Waals surface area (Å²) in [6, 6.07) is 11.3. The molecular formula is C19H16F3N3O3. The van der Waals surface area contributed by atoms with Crippen molar-refractivity contribution in [3.8, 4) is 17.1 Å². The molecule has 0 saturated heterocycles. The number of aryl methyl sites for hydroxylation is 1. The minimum atomic E-state index is -4.41. The number of anilines is 1. The zero-order valence-corrected chi connectivity index (χ0v) is 14.8. The number of carbonyl (C=O) groups is 1. The van der Waals surface area contributed by atoms with Crippen LogP contribution in [0.4, 0.5) is 18.9 Å². The maximum atomic E-state index is 12.5. The minimum Gasteiger partial charge on any atom is -0.497 e. The molecule has 0 bridgehead atoms. The molecule has 0 atom stereocenters. The summed E-state index contributed by atoms with van der Waals surface area (Å²) in [4.78, 5) is 16.2. The molecule has 28 heavy (non-hydrogen) atoms. The number of aromatic nitrogens is 2. The van der Waals surface area contributed by atoms with Gasteiger partial charge in [-0.1, -0.05) is 5.16 Å². The summed E-state index contributed by atoms with van der Waals surface area (Å²) in [5.41, 5.74) is 0.245. The van der Waals surface area contributed by atoms with Crippen LogP contribution in [-0.4, -0.2) is 23.2 Å². The Bertz CT molecular complexity index is 936. The van der Waals surface area contributed by atoms with Gasteiger partial charge in [-0.2, -0.15) is 18.2 Å². The van der Waals surface area contributed by atoms with Gasteiger partial charge in [-0.05, 0) is 48.5 Å². The van der Waals surface area contributed by atoms with Crippen LogP contribution in [0.1, 0.15) is 17.9 Å². The Balaban J connectivity index is 1.54. The molecule has 3 aromatic rings. The summed E-state index contributed by atoms with van der Waals surface area (Å²) in [6.07, 6.45) is -4.16. The number of carbonyl (C=O) groups excluding carboxylic acids is 1. The van der Waals surface area contributed by atoms with Crippen LogP contribution in [0.15, 0.2) is 53.1 Å². The molecule has 1 N–H and O–H groups in total. The van der Waals surface area contributed by atoms with Crippen molar-refractivity contribution in [1.29, 1.82) is 0 Å². The van der Waals surface area contributed by atoms with Crippen LogP contribution in [0.25, 0.3) is 11.4 Å². The molecule has 2 aromatic carbocycles. The van der Waals surface area contributed by atoms with Crippen LogP contribution in [0.5, 0.6) is 5.75 Å². The van der Waals surface area contributed by atoms with E-state index in [0.29, 0.717) is 11.6 Å². The van der Waals surface area contributed by atoms with Crippen molar-refractivity contribution in [3.63, 3.8) is 0 Å². The third-order valence-corrected chi connectivity index (χ3v) is 3.88. The lowest BCUT2D eigenvalue weighted by Gasteiger charge is -2.08. The van der Waals surface area contributed by atoms with Crippen molar-refractivity contribution in [2.24, 2.45) is 0 Å². The molecule has 0 radical (unpaired) electrons. The summed E-state index contributed by atoms with van der Waals surface area (Å²) >= 11 is 0. The van der Waals surface area contributed by atoms with Crippen LogP contribution in [0, 0.1) is 0 Å². The highest BCUT2D eigenvalue weighted by molar-refractivity contribution is 5.90. The van der Waals surface area contributed by atoms with Gasteiger partial charge in [0, 0.05) is 24.1 Å². The monoisotopic (exact) mass is 391 g/mol. The fourth-order valence-corrected chi connectivity index (χ4v) is 2.40. The van der Waals surface area contributed by atoms with Gasteiger partial charge in [-0.25, -0.2) is 0 Å². The summed E-state index contributed by atoms with van der Waals surface area (Å²) in [5, 5.41) is 6.40. The van der Waals surface area contributed by atoms with Gasteiger partial charge in [0.25, 0.3) is 0 Å². The van der Waals surface area contributed by atoms with Crippen molar-refractivity contribution in [2.75, 3.05) is 12.4 Å². The van der Waals surface area contributed by atoms with Gasteiger partial charge in [0.15, 0.2) is 0 Å². The van der Waals surface area contributed by atoms with Crippen molar-refractivity contribution < 1.29 is 27.2 Å². The molecule has 146 valence electrons. The second-order valence-corrected chi connectivity index (χ2v) is 5.86. The van der Waals surface area contributed by atoms with E-state index in [4.69, 9.17) is 9.26 Å². The molecule has 9 heteroatoms. The fourth-order valence-electron chi connectivity index (χ4n) is 2.40. The summed E-state index contributed by atoms with van der Waals surface area (Å²) in [5.74, 6) is 1.01. The summed E-state index contributed by atoms with van der Waals surface area (Å²) < 4.78 is 47.8. The molecule has 0 unspecified atom stereocenters. The van der Waals surface area contributed by atoms with Crippen molar-refractivity contribution >= 4 is 11.6 Å². The first-order valence-electron chi connectivity index (χ1n) is 8.29. The number of hydrogen-bond donors (Lipinski definition) is 1. The summed E-state index contributed by atoms with van der Waals surface area (Å²) in [7, 11) is 1.57. The standard InChI is InChI=1S/C19H16F3N3O3/c1-27-15-8-2-12(3-9-15)18-24-17(28-25-18)11-10-16(26)23-14-6-4-13(5-7-14)19(20,21)22/h2-9H,10-11H2,1H3,(H,23,26). The van der Waals surface area contributed by atoms with Crippen LogP contribution in [0.3, 0.4) is 0 Å². The number of amides is 1. The molecule has 0 saturated carbocycles. The number of rotatable bonds is 6. The predicted octanol–water partition coefficient (Wildman–Crippen LogP) is 4.34. The Labute approximate surface area is 158 Å². The number of nitrogens with one attached hydrogen (secondary N) is 1. The SMILES string of the molecule is COc1ccc(-c2noc(CCC(=O)Nc3ccc(C(F)(F)F)cc3)n2)cc1. The molecule has 0 aliphatic rings. The average Bonchev–Trinajstić information content (AvgIpc) is 3.15. The third-order valence-electron chi connectivity index (χ3n) is 3.88. The highest BCUT2D eigenvalue weighted by Crippen LogP contribution is 2.29. The molecule has 1 aromatic heterocycles. The fraction of sp³-hybridized carbons (Fsp3) is 0.211. The molecule has 0 spiro atoms. The minimum absolute atomic E-state index is 0.0469. The number of benzene rings is 2. The Kier molecular flexibility index (Phi) is 5.62. The number of methoxy groups -OCH3 is 1. The average molecular weight is 391 g/mol. The predicted molar refractivity (Wildman–Crippen MR) is 94.7 cm³/mol. The maximum Gasteiger partial charge on any atom is 0.416 e. The molecule has 1 amide bonds. The van der Waals surface area contributed by atoms with E-state index in [-0.39, 0.29) is 30.3 Å². The molecule has 3 rings (SSSR count). The van der Waals surface area contributed by atoms with E-state index < -0.39 is 11.7 Å². The second-order valence-electron chi connectivity index (χ2n) is 5.86. The van der Waals surface area contributed by atoms with E-state index >= 15 is 0 Å². The molecule has 0 fully saturated rings. The molecule has 1 heterocycles. The Hall–Kier alpha value is -3.36. The lowest BCUT2D eigenvalue weighted by molar-refractivity contribution is -0.137. The van der Waals surface area contributed by atoms with Crippen molar-refractivity contribution in [1.82, 2.24) is 10.1 Å². The Morgan fingerprint density at radius 1 is 1.11 bits per heavy atom. The van der Waals surface area contributed by atoms with Gasteiger partial charge >= 0.3 is 6.18 Å². The number of alkyl halides is 3. The lowest BCUT2D eigenvalue weighted by Crippen LogP contribution is -2.13. The molecule has 6 nitrogen and oxygen atoms in total. The van der Waals surface area contributed by atoms with Crippen molar-refractivity contribution in [3.05, 3.63) is 60.0 Å². The van der Waals surface area contributed by atoms with E-state index in [9.17, 15) is 18.0 Å². The lowest BCUT2D eigenvalue weighted by atomic mass is 10.2. The van der Waals surface area contributed by atoms with Gasteiger partial charge in [0.2, 0.25) is 17.6 Å². The Morgan fingerprint density at radius 2 is 1.79 bits per heavy atom. The van der Waals surface area contributed by atoms with Gasteiger partial charge in [-0.3, -0.25) is 4.79 Å². The van der Waals surface area contributed by atoms with Crippen LogP contribution in [0.2, 0.25) is 0 Å². The number of halogens is 3. The summed E-state index contributed by atoms with van der Waals surface area (Å²) in [6.45, 7) is 0. The highest BCUT2D eigenvalue weighted by atomic mass is 19.4. The Morgan fingerprint density at radius 3 is 2.39 bits per heavy atom. The maximum absolute atomic E-state index is 12.5. The molecule has 0 aliphatic carbocycles. The largest absolute Gasteiger partial charge is 0.497 e. The number of ether oxygens (including phenoxy) is 1. The quantitative estimate of drug-likeness (QED) is 0.677. The normalized spacial score (nSPS) is 11.3. The van der Waals surface area contributed by atoms with E-state index in [1.807, 2.05) is 0 Å². The molecular weight excluding hydrogens is 375 g/mol. The molecule has 0 aliphatic heterocycles. The van der Waals surface area contributed by atoms with Gasteiger partial charge < -0.3 is 14.6 Å². The van der Waals surface area contributed by atoms with E-state index in [2.05, 4.69) is 15.5 Å². The van der Waals surface area contributed by atoms with E-state index in [0.717, 1.165) is 17.7 Å². The van der Waals surface area contributed by atoms with Crippen LogP contribution in [-0.2, 0) is 17.4 Å². The van der Waals surface area contributed by atoms with Gasteiger partial charge in [0.05, 0.1) is 12.7 Å². The first-order valence-corrected chi connectivity index (χ1v) is 8.29. The number of nitrogens with zero attached hydrogens (tertiary/aromatic N) is 2. The first-order chi connectivity index (χ1) is 13.3. The van der Waals surface area contributed by atoms with Gasteiger partial charge in [-0.15, -0.1) is 0 Å². The topological polar surface area (TPSA) is 77.2 Å². The zero-order valence-electron chi connectivity index (χ0n) is 14.8. The van der Waals surface area contributed by atoms with Crippen molar-refractivity contribution in [2.45, 2.75) is 19.0 Å². The van der Waals surface area contributed by atoms with Gasteiger partial charge in [0.1, 0.15) is 5.75 Å². The zero-order chi connectivity index (χ0) is 20.1. The van der Waals surface area contributed by atoms with Crippen LogP contribution >= 0.6 is 0 Å². The number of hydrogen-bond acceptors (Lipinski definition) is 5. The van der Waals surface area contributed by atoms with Crippen LogP contribution < -0.4 is 10.1 Å². The van der Waals surface area contributed by atoms with E-state index in [1.165, 1.54) is 12.1 Å². The third kappa shape index (κ3) is 4.87. The smallest absolute Gasteiger partial charge is 0.416 e. The highest BCUT2D eigenvalue weighted by Gasteiger charge is 2.29.